The molecular formula is C20H19NO5S2. The molecular weight excluding hydrogens is 398 g/mol. The van der Waals surface area contributed by atoms with Crippen molar-refractivity contribution in [1.29, 1.82) is 0 Å². The van der Waals surface area contributed by atoms with Crippen molar-refractivity contribution in [2.75, 3.05) is 21.3 Å². The van der Waals surface area contributed by atoms with Gasteiger partial charge in [-0.15, -0.1) is 11.3 Å². The number of ketones is 1. The van der Waals surface area contributed by atoms with Crippen LogP contribution in [0.1, 0.15) is 30.5 Å². The maximum absolute atomic E-state index is 12.6. The van der Waals surface area contributed by atoms with Crippen molar-refractivity contribution in [2.45, 2.75) is 6.54 Å². The number of amides is 1. The summed E-state index contributed by atoms with van der Waals surface area (Å²) in [4.78, 5) is 26.5. The van der Waals surface area contributed by atoms with E-state index in [1.54, 1.807) is 24.3 Å². The number of nitrogens with one attached hydrogen (secondary N) is 1. The third kappa shape index (κ3) is 4.18. The van der Waals surface area contributed by atoms with E-state index in [2.05, 4.69) is 5.32 Å². The molecule has 1 aromatic carbocycles. The topological polar surface area (TPSA) is 73.9 Å². The highest BCUT2D eigenvalue weighted by Crippen LogP contribution is 2.38. The fraction of sp³-hybridized carbons (Fsp3) is 0.200. The molecule has 0 saturated heterocycles. The van der Waals surface area contributed by atoms with Gasteiger partial charge in [0.15, 0.2) is 11.5 Å². The Kier molecular flexibility index (Phi) is 6.33. The molecule has 1 amide bonds. The normalized spacial score (nSPS) is 10.4. The van der Waals surface area contributed by atoms with Crippen LogP contribution in [0.5, 0.6) is 17.2 Å². The van der Waals surface area contributed by atoms with Crippen molar-refractivity contribution in [3.63, 3.8) is 0 Å². The molecule has 0 saturated carbocycles. The van der Waals surface area contributed by atoms with Crippen LogP contribution in [0.2, 0.25) is 0 Å². The fourth-order valence-electron chi connectivity index (χ4n) is 2.61. The minimum absolute atomic E-state index is 0.00606. The van der Waals surface area contributed by atoms with Crippen LogP contribution in [0.15, 0.2) is 41.1 Å². The summed E-state index contributed by atoms with van der Waals surface area (Å²) in [6, 6.07) is 8.62. The molecule has 28 heavy (non-hydrogen) atoms. The molecule has 0 atom stereocenters. The van der Waals surface area contributed by atoms with E-state index in [4.69, 9.17) is 14.2 Å². The van der Waals surface area contributed by atoms with Gasteiger partial charge in [0.25, 0.3) is 5.91 Å². The molecule has 146 valence electrons. The van der Waals surface area contributed by atoms with Gasteiger partial charge in [0.05, 0.1) is 32.8 Å². The van der Waals surface area contributed by atoms with Crippen LogP contribution in [0.25, 0.3) is 0 Å². The van der Waals surface area contributed by atoms with E-state index in [0.717, 1.165) is 4.88 Å². The van der Waals surface area contributed by atoms with Gasteiger partial charge in [-0.05, 0) is 35.7 Å². The van der Waals surface area contributed by atoms with Gasteiger partial charge in [0.1, 0.15) is 0 Å². The zero-order valence-corrected chi connectivity index (χ0v) is 17.2. The van der Waals surface area contributed by atoms with Gasteiger partial charge in [0.2, 0.25) is 11.5 Å². The third-order valence-corrected chi connectivity index (χ3v) is 5.79. The average molecular weight is 418 g/mol. The van der Waals surface area contributed by atoms with Crippen molar-refractivity contribution in [2.24, 2.45) is 0 Å². The number of methoxy groups -OCH3 is 3. The molecule has 1 N–H and O–H groups in total. The molecule has 0 aliphatic carbocycles. The summed E-state index contributed by atoms with van der Waals surface area (Å²) in [5.74, 6) is 0.960. The van der Waals surface area contributed by atoms with Crippen LogP contribution < -0.4 is 19.5 Å². The zero-order valence-electron chi connectivity index (χ0n) is 15.6. The molecule has 0 aliphatic heterocycles. The van der Waals surface area contributed by atoms with Crippen LogP contribution in [0.3, 0.4) is 0 Å². The number of ether oxygens (including phenoxy) is 3. The van der Waals surface area contributed by atoms with Crippen molar-refractivity contribution in [1.82, 2.24) is 5.32 Å². The molecule has 2 aromatic heterocycles. The Morgan fingerprint density at radius 1 is 0.964 bits per heavy atom. The second-order valence-electron chi connectivity index (χ2n) is 5.70. The van der Waals surface area contributed by atoms with Crippen molar-refractivity contribution in [3.8, 4) is 17.2 Å². The maximum atomic E-state index is 12.6. The minimum atomic E-state index is -0.279. The highest BCUT2D eigenvalue weighted by molar-refractivity contribution is 7.14. The van der Waals surface area contributed by atoms with E-state index >= 15 is 0 Å². The standard InChI is InChI=1S/C20H19NO5S2/c1-24-15-8-13(9-16(25-2)19(15)26-3)20(23)21-10-14-4-5-17(28-14)18(22)12-6-7-27-11-12/h4-9,11H,10H2,1-3H3,(H,21,23). The van der Waals surface area contributed by atoms with E-state index < -0.39 is 0 Å². The molecule has 0 bridgehead atoms. The van der Waals surface area contributed by atoms with E-state index in [1.165, 1.54) is 44.0 Å². The van der Waals surface area contributed by atoms with Crippen LogP contribution in [0, 0.1) is 0 Å². The van der Waals surface area contributed by atoms with Crippen molar-refractivity contribution in [3.05, 3.63) is 62.0 Å². The minimum Gasteiger partial charge on any atom is -0.493 e. The summed E-state index contributed by atoms with van der Waals surface area (Å²) in [5, 5.41) is 6.55. The van der Waals surface area contributed by atoms with Gasteiger partial charge in [-0.3, -0.25) is 9.59 Å². The average Bonchev–Trinajstić information content (AvgIpc) is 3.42. The summed E-state index contributed by atoms with van der Waals surface area (Å²) < 4.78 is 15.8. The lowest BCUT2D eigenvalue weighted by Gasteiger charge is -2.14. The van der Waals surface area contributed by atoms with Gasteiger partial charge in [-0.25, -0.2) is 0 Å². The molecule has 0 spiro atoms. The first-order valence-electron chi connectivity index (χ1n) is 8.31. The number of thiophene rings is 2. The summed E-state index contributed by atoms with van der Waals surface area (Å²) in [6.07, 6.45) is 0. The second-order valence-corrected chi connectivity index (χ2v) is 7.65. The van der Waals surface area contributed by atoms with E-state index in [1.807, 2.05) is 16.8 Å². The maximum Gasteiger partial charge on any atom is 0.251 e. The van der Waals surface area contributed by atoms with Crippen molar-refractivity contribution < 1.29 is 23.8 Å². The molecule has 6 nitrogen and oxygen atoms in total. The number of carbonyl (C=O) groups excluding carboxylic acids is 2. The number of hydrogen-bond acceptors (Lipinski definition) is 7. The van der Waals surface area contributed by atoms with Crippen LogP contribution in [-0.2, 0) is 6.54 Å². The molecule has 0 unspecified atom stereocenters. The summed E-state index contributed by atoms with van der Waals surface area (Å²) in [7, 11) is 4.50. The van der Waals surface area contributed by atoms with Gasteiger partial charge in [-0.2, -0.15) is 11.3 Å². The van der Waals surface area contributed by atoms with E-state index in [0.29, 0.717) is 39.8 Å². The Labute approximate surface area is 170 Å². The predicted molar refractivity (Wildman–Crippen MR) is 109 cm³/mol. The molecule has 3 aromatic rings. The Bertz CT molecular complexity index is 953. The van der Waals surface area contributed by atoms with Crippen LogP contribution in [-0.4, -0.2) is 33.0 Å². The monoisotopic (exact) mass is 417 g/mol. The third-order valence-electron chi connectivity index (χ3n) is 4.02. The predicted octanol–water partition coefficient (Wildman–Crippen LogP) is 4.00. The number of benzene rings is 1. The largest absolute Gasteiger partial charge is 0.493 e. The molecule has 3 rings (SSSR count). The molecule has 0 fully saturated rings. The van der Waals surface area contributed by atoms with Crippen LogP contribution in [0.4, 0.5) is 0 Å². The highest BCUT2D eigenvalue weighted by Gasteiger charge is 2.17. The van der Waals surface area contributed by atoms with Crippen LogP contribution >= 0.6 is 22.7 Å². The molecule has 8 heteroatoms. The Hall–Kier alpha value is -2.84. The second kappa shape index (κ2) is 8.90. The molecule has 0 aliphatic rings. The number of rotatable bonds is 8. The lowest BCUT2D eigenvalue weighted by atomic mass is 10.1. The quantitative estimate of drug-likeness (QED) is 0.561. The lowest BCUT2D eigenvalue weighted by molar-refractivity contribution is 0.0950. The highest BCUT2D eigenvalue weighted by atomic mass is 32.1. The Morgan fingerprint density at radius 3 is 2.25 bits per heavy atom. The first-order valence-corrected chi connectivity index (χ1v) is 10.1. The summed E-state index contributed by atoms with van der Waals surface area (Å²) in [5.41, 5.74) is 1.07. The smallest absolute Gasteiger partial charge is 0.251 e. The molecule has 2 heterocycles. The van der Waals surface area contributed by atoms with Gasteiger partial charge < -0.3 is 19.5 Å². The zero-order chi connectivity index (χ0) is 20.1. The Morgan fingerprint density at radius 2 is 1.68 bits per heavy atom. The Balaban J connectivity index is 1.70. The first kappa shape index (κ1) is 19.9. The number of hydrogen-bond donors (Lipinski definition) is 1. The van der Waals surface area contributed by atoms with Gasteiger partial charge in [0, 0.05) is 21.4 Å². The fourth-order valence-corrected chi connectivity index (χ4v) is 4.16. The summed E-state index contributed by atoms with van der Waals surface area (Å²) in [6.45, 7) is 0.317. The van der Waals surface area contributed by atoms with Gasteiger partial charge in [-0.1, -0.05) is 0 Å². The van der Waals surface area contributed by atoms with Crippen molar-refractivity contribution >= 4 is 34.4 Å². The molecule has 0 radical (unpaired) electrons. The SMILES string of the molecule is COc1cc(C(=O)NCc2ccc(C(=O)c3ccsc3)s2)cc(OC)c1OC. The van der Waals surface area contributed by atoms with Gasteiger partial charge >= 0.3 is 0 Å². The van der Waals surface area contributed by atoms with E-state index in [-0.39, 0.29) is 11.7 Å². The first-order chi connectivity index (χ1) is 13.6. The van der Waals surface area contributed by atoms with E-state index in [9.17, 15) is 9.59 Å². The summed E-state index contributed by atoms with van der Waals surface area (Å²) >= 11 is 2.86. The number of carbonyl (C=O) groups is 2. The lowest BCUT2D eigenvalue weighted by Crippen LogP contribution is -2.22.